The van der Waals surface area contributed by atoms with E-state index in [1.165, 1.54) is 18.2 Å². The zero-order chi connectivity index (χ0) is 12.5. The summed E-state index contributed by atoms with van der Waals surface area (Å²) >= 11 is 0. The maximum atomic E-state index is 12.1. The number of nitrogens with two attached hydrogens (primary N) is 1. The van der Waals surface area contributed by atoms with Crippen molar-refractivity contribution in [1.82, 2.24) is 0 Å². The minimum atomic E-state index is -4.71. The van der Waals surface area contributed by atoms with Crippen LogP contribution in [0.2, 0.25) is 0 Å². The third kappa shape index (κ3) is 3.26. The fourth-order valence-electron chi connectivity index (χ4n) is 1.64. The van der Waals surface area contributed by atoms with Crippen molar-refractivity contribution in [2.45, 2.75) is 31.3 Å². The second-order valence-electron chi connectivity index (χ2n) is 3.97. The summed E-state index contributed by atoms with van der Waals surface area (Å²) in [5, 5.41) is 0. The van der Waals surface area contributed by atoms with Crippen LogP contribution in [-0.2, 0) is 0 Å². The van der Waals surface area contributed by atoms with Gasteiger partial charge >= 0.3 is 6.36 Å². The molecule has 3 nitrogen and oxygen atoms in total. The first kappa shape index (κ1) is 12.0. The van der Waals surface area contributed by atoms with Crippen LogP contribution in [0.1, 0.15) is 12.8 Å². The summed E-state index contributed by atoms with van der Waals surface area (Å²) in [4.78, 5) is 0. The molecule has 17 heavy (non-hydrogen) atoms. The third-order valence-corrected chi connectivity index (χ3v) is 2.50. The summed E-state index contributed by atoms with van der Waals surface area (Å²) in [6, 6.07) is 5.81. The standard InChI is InChI=1S/C11H12F3NO2/c12-11(13,14)17-10-4-2-1-3-9(10)16-8-5-7(15)6-8/h1-4,7-8H,5-6,15H2. The summed E-state index contributed by atoms with van der Waals surface area (Å²) in [5.41, 5.74) is 5.57. The number of benzene rings is 1. The van der Waals surface area contributed by atoms with E-state index in [0.29, 0.717) is 12.8 Å². The highest BCUT2D eigenvalue weighted by atomic mass is 19.4. The summed E-state index contributed by atoms with van der Waals surface area (Å²) in [5.74, 6) is -0.220. The average molecular weight is 247 g/mol. The highest BCUT2D eigenvalue weighted by molar-refractivity contribution is 5.39. The molecule has 94 valence electrons. The molecule has 1 aliphatic rings. The minimum absolute atomic E-state index is 0.0793. The van der Waals surface area contributed by atoms with E-state index in [4.69, 9.17) is 10.5 Å². The first-order valence-electron chi connectivity index (χ1n) is 5.21. The summed E-state index contributed by atoms with van der Waals surface area (Å²) in [7, 11) is 0. The lowest BCUT2D eigenvalue weighted by Gasteiger charge is -2.33. The summed E-state index contributed by atoms with van der Waals surface area (Å²) in [6.45, 7) is 0. The van der Waals surface area contributed by atoms with Crippen LogP contribution in [0.25, 0.3) is 0 Å². The molecule has 0 aromatic heterocycles. The Labute approximate surface area is 96.3 Å². The van der Waals surface area contributed by atoms with E-state index in [1.54, 1.807) is 6.07 Å². The Morgan fingerprint density at radius 3 is 2.24 bits per heavy atom. The lowest BCUT2D eigenvalue weighted by molar-refractivity contribution is -0.275. The van der Waals surface area contributed by atoms with E-state index in [1.807, 2.05) is 0 Å². The zero-order valence-electron chi connectivity index (χ0n) is 8.91. The van der Waals surface area contributed by atoms with Crippen LogP contribution in [-0.4, -0.2) is 18.5 Å². The van der Waals surface area contributed by atoms with Gasteiger partial charge in [-0.25, -0.2) is 0 Å². The number of rotatable bonds is 3. The van der Waals surface area contributed by atoms with Crippen LogP contribution in [0, 0.1) is 0 Å². The lowest BCUT2D eigenvalue weighted by Crippen LogP contribution is -2.43. The van der Waals surface area contributed by atoms with E-state index >= 15 is 0 Å². The summed E-state index contributed by atoms with van der Waals surface area (Å²) in [6.07, 6.45) is -3.53. The Hall–Kier alpha value is -1.43. The van der Waals surface area contributed by atoms with Crippen molar-refractivity contribution in [1.29, 1.82) is 0 Å². The van der Waals surface area contributed by atoms with Crippen molar-refractivity contribution in [2.24, 2.45) is 5.73 Å². The average Bonchev–Trinajstić information content (AvgIpc) is 2.16. The van der Waals surface area contributed by atoms with Gasteiger partial charge in [-0.15, -0.1) is 13.2 Å². The Balaban J connectivity index is 2.05. The molecular weight excluding hydrogens is 235 g/mol. The predicted molar refractivity (Wildman–Crippen MR) is 54.8 cm³/mol. The highest BCUT2D eigenvalue weighted by Gasteiger charge is 2.33. The molecular formula is C11H12F3NO2. The Morgan fingerprint density at radius 2 is 1.71 bits per heavy atom. The molecule has 0 bridgehead atoms. The minimum Gasteiger partial charge on any atom is -0.486 e. The number of alkyl halides is 3. The highest BCUT2D eigenvalue weighted by Crippen LogP contribution is 2.34. The van der Waals surface area contributed by atoms with Gasteiger partial charge in [-0.3, -0.25) is 0 Å². The van der Waals surface area contributed by atoms with Gasteiger partial charge in [0, 0.05) is 6.04 Å². The van der Waals surface area contributed by atoms with Gasteiger partial charge in [0.1, 0.15) is 6.10 Å². The summed E-state index contributed by atoms with van der Waals surface area (Å²) < 4.78 is 45.6. The van der Waals surface area contributed by atoms with Crippen molar-refractivity contribution in [2.75, 3.05) is 0 Å². The molecule has 1 fully saturated rings. The smallest absolute Gasteiger partial charge is 0.486 e. The molecule has 0 heterocycles. The largest absolute Gasteiger partial charge is 0.573 e. The van der Waals surface area contributed by atoms with Crippen molar-refractivity contribution >= 4 is 0 Å². The molecule has 2 rings (SSSR count). The Kier molecular flexibility index (Phi) is 3.15. The molecule has 1 saturated carbocycles. The van der Waals surface area contributed by atoms with Gasteiger partial charge in [-0.1, -0.05) is 12.1 Å². The second kappa shape index (κ2) is 4.44. The van der Waals surface area contributed by atoms with Gasteiger partial charge in [0.2, 0.25) is 0 Å². The Bertz CT molecular complexity index is 389. The fourth-order valence-corrected chi connectivity index (χ4v) is 1.64. The van der Waals surface area contributed by atoms with Crippen molar-refractivity contribution in [3.63, 3.8) is 0 Å². The quantitative estimate of drug-likeness (QED) is 0.892. The van der Waals surface area contributed by atoms with Crippen molar-refractivity contribution in [3.05, 3.63) is 24.3 Å². The van der Waals surface area contributed by atoms with E-state index < -0.39 is 6.36 Å². The van der Waals surface area contributed by atoms with E-state index in [-0.39, 0.29) is 23.6 Å². The van der Waals surface area contributed by atoms with Crippen molar-refractivity contribution in [3.8, 4) is 11.5 Å². The molecule has 1 aromatic carbocycles. The molecule has 0 atom stereocenters. The van der Waals surface area contributed by atoms with Gasteiger partial charge in [-0.05, 0) is 25.0 Å². The lowest BCUT2D eigenvalue weighted by atomic mass is 9.90. The molecule has 0 radical (unpaired) electrons. The molecule has 0 spiro atoms. The van der Waals surface area contributed by atoms with Crippen LogP contribution in [0.4, 0.5) is 13.2 Å². The number of hydrogen-bond donors (Lipinski definition) is 1. The topological polar surface area (TPSA) is 44.5 Å². The van der Waals surface area contributed by atoms with Crippen LogP contribution in [0.3, 0.4) is 0 Å². The van der Waals surface area contributed by atoms with E-state index in [0.717, 1.165) is 0 Å². The predicted octanol–water partition coefficient (Wildman–Crippen LogP) is 2.45. The molecule has 2 N–H and O–H groups in total. The van der Waals surface area contributed by atoms with Crippen LogP contribution in [0.15, 0.2) is 24.3 Å². The van der Waals surface area contributed by atoms with Crippen LogP contribution in [0.5, 0.6) is 11.5 Å². The number of hydrogen-bond acceptors (Lipinski definition) is 3. The first-order chi connectivity index (χ1) is 7.94. The van der Waals surface area contributed by atoms with Gasteiger partial charge < -0.3 is 15.2 Å². The Morgan fingerprint density at radius 1 is 1.12 bits per heavy atom. The molecule has 1 aliphatic carbocycles. The number of para-hydroxylation sites is 2. The second-order valence-corrected chi connectivity index (χ2v) is 3.97. The number of halogens is 3. The SMILES string of the molecule is NC1CC(Oc2ccccc2OC(F)(F)F)C1. The molecule has 0 amide bonds. The van der Waals surface area contributed by atoms with Gasteiger partial charge in [-0.2, -0.15) is 0 Å². The molecule has 0 aliphatic heterocycles. The molecule has 6 heteroatoms. The maximum Gasteiger partial charge on any atom is 0.573 e. The molecule has 1 aromatic rings. The van der Waals surface area contributed by atoms with Gasteiger partial charge in [0.25, 0.3) is 0 Å². The van der Waals surface area contributed by atoms with Gasteiger partial charge in [0.05, 0.1) is 0 Å². The zero-order valence-corrected chi connectivity index (χ0v) is 8.91. The maximum absolute atomic E-state index is 12.1. The van der Waals surface area contributed by atoms with Crippen molar-refractivity contribution < 1.29 is 22.6 Å². The van der Waals surface area contributed by atoms with E-state index in [9.17, 15) is 13.2 Å². The normalized spacial score (nSPS) is 24.0. The first-order valence-corrected chi connectivity index (χ1v) is 5.21. The number of ether oxygens (including phenoxy) is 2. The molecule has 0 saturated heterocycles. The monoisotopic (exact) mass is 247 g/mol. The van der Waals surface area contributed by atoms with Crippen LogP contribution < -0.4 is 15.2 Å². The fraction of sp³-hybridized carbons (Fsp3) is 0.455. The molecule has 0 unspecified atom stereocenters. The van der Waals surface area contributed by atoms with Crippen LogP contribution >= 0.6 is 0 Å². The third-order valence-electron chi connectivity index (χ3n) is 2.50. The van der Waals surface area contributed by atoms with Gasteiger partial charge in [0.15, 0.2) is 11.5 Å². The van der Waals surface area contributed by atoms with E-state index in [2.05, 4.69) is 4.74 Å².